The van der Waals surface area contributed by atoms with Crippen molar-refractivity contribution in [1.29, 1.82) is 0 Å². The van der Waals surface area contributed by atoms with Crippen molar-refractivity contribution in [2.24, 2.45) is 0 Å². The van der Waals surface area contributed by atoms with Gasteiger partial charge < -0.3 is 5.32 Å². The minimum absolute atomic E-state index is 0.00272. The maximum atomic E-state index is 12.8. The molecule has 5 heteroatoms. The Labute approximate surface area is 139 Å². The fourth-order valence-corrected chi connectivity index (χ4v) is 2.92. The molecule has 0 heterocycles. The molecule has 1 amide bonds. The van der Waals surface area contributed by atoms with Crippen LogP contribution < -0.4 is 5.32 Å². The third-order valence-corrected chi connectivity index (χ3v) is 4.42. The monoisotopic (exact) mass is 337 g/mol. The molecule has 0 aliphatic rings. The van der Waals surface area contributed by atoms with E-state index in [9.17, 15) is 9.18 Å². The normalized spacial score (nSPS) is 12.0. The summed E-state index contributed by atoms with van der Waals surface area (Å²) in [6.07, 6.45) is 0.417. The van der Waals surface area contributed by atoms with Crippen LogP contribution in [0, 0.1) is 5.82 Å². The van der Waals surface area contributed by atoms with Crippen LogP contribution in [-0.4, -0.2) is 11.7 Å². The van der Waals surface area contributed by atoms with Crippen molar-refractivity contribution < 1.29 is 9.18 Å². The van der Waals surface area contributed by atoms with Crippen LogP contribution in [0.25, 0.3) is 0 Å². The summed E-state index contributed by atoms with van der Waals surface area (Å²) in [6.45, 7) is 1.94. The van der Waals surface area contributed by atoms with Gasteiger partial charge in [-0.2, -0.15) is 0 Å². The summed E-state index contributed by atoms with van der Waals surface area (Å²) < 4.78 is 12.8. The molecule has 2 aromatic rings. The number of thioether (sulfide) groups is 1. The van der Waals surface area contributed by atoms with E-state index in [-0.39, 0.29) is 17.8 Å². The smallest absolute Gasteiger partial charge is 0.221 e. The van der Waals surface area contributed by atoms with Crippen LogP contribution in [0.4, 0.5) is 4.39 Å². The molecule has 0 unspecified atom stereocenters. The van der Waals surface area contributed by atoms with E-state index in [1.807, 2.05) is 31.2 Å². The number of benzene rings is 2. The molecule has 2 rings (SSSR count). The molecule has 0 radical (unpaired) electrons. The molecule has 0 bridgehead atoms. The van der Waals surface area contributed by atoms with Crippen molar-refractivity contribution >= 4 is 29.3 Å². The van der Waals surface area contributed by atoms with Crippen LogP contribution in [0.1, 0.15) is 24.9 Å². The standard InChI is InChI=1S/C17H17ClFNOS/c1-12(13-2-4-14(18)5-3-13)20-17(21)10-11-22-16-8-6-15(19)7-9-16/h2-9,12H,10-11H2,1H3,(H,20,21)/t12-/m1/s1. The predicted octanol–water partition coefficient (Wildman–Crippen LogP) is 4.84. The number of nitrogens with one attached hydrogen (secondary N) is 1. The molecule has 0 saturated carbocycles. The molecule has 0 saturated heterocycles. The van der Waals surface area contributed by atoms with Crippen LogP contribution in [0.5, 0.6) is 0 Å². The van der Waals surface area contributed by atoms with E-state index in [0.717, 1.165) is 10.5 Å². The highest BCUT2D eigenvalue weighted by Gasteiger charge is 2.09. The van der Waals surface area contributed by atoms with E-state index in [2.05, 4.69) is 5.32 Å². The van der Waals surface area contributed by atoms with Crippen molar-refractivity contribution in [2.45, 2.75) is 24.3 Å². The van der Waals surface area contributed by atoms with Crippen LogP contribution in [-0.2, 0) is 4.79 Å². The molecule has 0 aromatic heterocycles. The van der Waals surface area contributed by atoms with Gasteiger partial charge in [-0.3, -0.25) is 4.79 Å². The number of hydrogen-bond donors (Lipinski definition) is 1. The van der Waals surface area contributed by atoms with Gasteiger partial charge in [0.05, 0.1) is 6.04 Å². The van der Waals surface area contributed by atoms with Gasteiger partial charge in [-0.1, -0.05) is 23.7 Å². The van der Waals surface area contributed by atoms with Crippen molar-refractivity contribution in [3.63, 3.8) is 0 Å². The molecular weight excluding hydrogens is 321 g/mol. The third-order valence-electron chi connectivity index (χ3n) is 3.16. The maximum Gasteiger partial charge on any atom is 0.221 e. The van der Waals surface area contributed by atoms with Crippen molar-refractivity contribution in [2.75, 3.05) is 5.75 Å². The Morgan fingerprint density at radius 2 is 1.82 bits per heavy atom. The molecular formula is C17H17ClFNOS. The minimum Gasteiger partial charge on any atom is -0.350 e. The lowest BCUT2D eigenvalue weighted by Gasteiger charge is -2.14. The van der Waals surface area contributed by atoms with Gasteiger partial charge in [0.2, 0.25) is 5.91 Å². The Balaban J connectivity index is 1.75. The summed E-state index contributed by atoms with van der Waals surface area (Å²) >= 11 is 7.38. The molecule has 1 atom stereocenters. The number of amides is 1. The first-order valence-corrected chi connectivity index (χ1v) is 8.34. The molecule has 2 nitrogen and oxygen atoms in total. The lowest BCUT2D eigenvalue weighted by Crippen LogP contribution is -2.26. The lowest BCUT2D eigenvalue weighted by atomic mass is 10.1. The Bertz CT molecular complexity index is 616. The second-order valence-electron chi connectivity index (χ2n) is 4.89. The van der Waals surface area contributed by atoms with E-state index < -0.39 is 0 Å². The Morgan fingerprint density at radius 3 is 2.45 bits per heavy atom. The van der Waals surface area contributed by atoms with Crippen molar-refractivity contribution in [1.82, 2.24) is 5.32 Å². The van der Waals surface area contributed by atoms with E-state index in [0.29, 0.717) is 17.2 Å². The third kappa shape index (κ3) is 5.35. The zero-order valence-corrected chi connectivity index (χ0v) is 13.8. The van der Waals surface area contributed by atoms with Gasteiger partial charge in [-0.05, 0) is 48.9 Å². The molecule has 0 spiro atoms. The zero-order chi connectivity index (χ0) is 15.9. The topological polar surface area (TPSA) is 29.1 Å². The van der Waals surface area contributed by atoms with Crippen LogP contribution in [0.2, 0.25) is 5.02 Å². The highest BCUT2D eigenvalue weighted by atomic mass is 35.5. The van der Waals surface area contributed by atoms with Crippen LogP contribution in [0.3, 0.4) is 0 Å². The van der Waals surface area contributed by atoms with Gasteiger partial charge in [0.1, 0.15) is 5.82 Å². The number of hydrogen-bond acceptors (Lipinski definition) is 2. The van der Waals surface area contributed by atoms with Crippen LogP contribution in [0.15, 0.2) is 53.4 Å². The van der Waals surface area contributed by atoms with Crippen molar-refractivity contribution in [3.05, 3.63) is 64.9 Å². The zero-order valence-electron chi connectivity index (χ0n) is 12.2. The lowest BCUT2D eigenvalue weighted by molar-refractivity contribution is -0.121. The summed E-state index contributed by atoms with van der Waals surface area (Å²) in [5.41, 5.74) is 1.02. The number of carbonyl (C=O) groups is 1. The quantitative estimate of drug-likeness (QED) is 0.764. The number of carbonyl (C=O) groups excluding carboxylic acids is 1. The highest BCUT2D eigenvalue weighted by molar-refractivity contribution is 7.99. The summed E-state index contributed by atoms with van der Waals surface area (Å²) in [5, 5.41) is 3.63. The molecule has 0 aliphatic heterocycles. The first-order chi connectivity index (χ1) is 10.5. The summed E-state index contributed by atoms with van der Waals surface area (Å²) in [6, 6.07) is 13.6. The molecule has 116 valence electrons. The van der Waals surface area contributed by atoms with E-state index in [1.54, 1.807) is 12.1 Å². The van der Waals surface area contributed by atoms with Gasteiger partial charge in [-0.25, -0.2) is 4.39 Å². The Kier molecular flexibility index (Phi) is 6.28. The first kappa shape index (κ1) is 16.8. The van der Waals surface area contributed by atoms with Gasteiger partial charge in [-0.15, -0.1) is 11.8 Å². The van der Waals surface area contributed by atoms with Gasteiger partial charge in [0.15, 0.2) is 0 Å². The van der Waals surface area contributed by atoms with Gasteiger partial charge in [0.25, 0.3) is 0 Å². The average molecular weight is 338 g/mol. The van der Waals surface area contributed by atoms with E-state index in [4.69, 9.17) is 11.6 Å². The maximum absolute atomic E-state index is 12.8. The largest absolute Gasteiger partial charge is 0.350 e. The second kappa shape index (κ2) is 8.20. The summed E-state index contributed by atoms with van der Waals surface area (Å²) in [4.78, 5) is 12.9. The highest BCUT2D eigenvalue weighted by Crippen LogP contribution is 2.19. The summed E-state index contributed by atoms with van der Waals surface area (Å²) in [5.74, 6) is 0.404. The van der Waals surface area contributed by atoms with Crippen LogP contribution >= 0.6 is 23.4 Å². The molecule has 1 N–H and O–H groups in total. The predicted molar refractivity (Wildman–Crippen MR) is 89.8 cm³/mol. The molecule has 0 fully saturated rings. The van der Waals surface area contributed by atoms with E-state index >= 15 is 0 Å². The fraction of sp³-hybridized carbons (Fsp3) is 0.235. The summed E-state index contributed by atoms with van der Waals surface area (Å²) in [7, 11) is 0. The van der Waals surface area contributed by atoms with Crippen molar-refractivity contribution in [3.8, 4) is 0 Å². The minimum atomic E-state index is -0.251. The number of rotatable bonds is 6. The second-order valence-corrected chi connectivity index (χ2v) is 6.50. The average Bonchev–Trinajstić information content (AvgIpc) is 2.50. The SMILES string of the molecule is C[C@@H](NC(=O)CCSc1ccc(F)cc1)c1ccc(Cl)cc1. The number of halogens is 2. The molecule has 22 heavy (non-hydrogen) atoms. The first-order valence-electron chi connectivity index (χ1n) is 6.98. The van der Waals surface area contributed by atoms with Gasteiger partial charge >= 0.3 is 0 Å². The Hall–Kier alpha value is -1.52. The fourth-order valence-electron chi connectivity index (χ4n) is 1.94. The molecule has 2 aromatic carbocycles. The molecule has 0 aliphatic carbocycles. The van der Waals surface area contributed by atoms with Gasteiger partial charge in [0, 0.05) is 22.1 Å². The van der Waals surface area contributed by atoms with E-state index in [1.165, 1.54) is 23.9 Å². The Morgan fingerprint density at radius 1 is 1.18 bits per heavy atom.